The monoisotopic (exact) mass is 398 g/mol. The second-order valence-electron chi connectivity index (χ2n) is 12.1. The van der Waals surface area contributed by atoms with Gasteiger partial charge in [0.1, 0.15) is 0 Å². The zero-order chi connectivity index (χ0) is 21.0. The zero-order valence-corrected chi connectivity index (χ0v) is 20.1. The fourth-order valence-electron chi connectivity index (χ4n) is 8.72. The van der Waals surface area contributed by atoms with E-state index in [0.717, 1.165) is 24.2 Å². The van der Waals surface area contributed by atoms with Crippen LogP contribution in [-0.2, 0) is 0 Å². The Balaban J connectivity index is 1.57. The zero-order valence-electron chi connectivity index (χ0n) is 20.1. The first-order chi connectivity index (χ1) is 13.7. The number of fused-ring (bicyclic) bond motifs is 4. The molecule has 0 radical (unpaired) electrons. The molecule has 1 N–H and O–H groups in total. The third-order valence-corrected chi connectivity index (χ3v) is 10.4. The van der Waals surface area contributed by atoms with Gasteiger partial charge in [0.25, 0.3) is 0 Å². The summed E-state index contributed by atoms with van der Waals surface area (Å²) in [6.07, 6.45) is 15.5. The van der Waals surface area contributed by atoms with Crippen molar-refractivity contribution in [1.29, 1.82) is 0 Å². The van der Waals surface area contributed by atoms with Crippen molar-refractivity contribution in [2.24, 2.45) is 40.4 Å². The van der Waals surface area contributed by atoms with Gasteiger partial charge in [-0.1, -0.05) is 50.5 Å². The van der Waals surface area contributed by atoms with Crippen molar-refractivity contribution in [1.82, 2.24) is 0 Å². The van der Waals surface area contributed by atoms with E-state index in [0.29, 0.717) is 22.7 Å². The Morgan fingerprint density at radius 3 is 2.59 bits per heavy atom. The van der Waals surface area contributed by atoms with E-state index in [1.807, 2.05) is 11.1 Å². The van der Waals surface area contributed by atoms with Crippen molar-refractivity contribution < 1.29 is 5.11 Å². The number of allylic oxidation sites excluding steroid dienone is 4. The van der Waals surface area contributed by atoms with Gasteiger partial charge in [-0.05, 0) is 118 Å². The fourth-order valence-corrected chi connectivity index (χ4v) is 8.72. The number of aliphatic hydroxyl groups is 1. The lowest BCUT2D eigenvalue weighted by Crippen LogP contribution is -2.49. The summed E-state index contributed by atoms with van der Waals surface area (Å²) >= 11 is 0. The Bertz CT molecular complexity index is 682. The van der Waals surface area contributed by atoms with E-state index in [4.69, 9.17) is 0 Å². The van der Waals surface area contributed by atoms with Gasteiger partial charge in [0.2, 0.25) is 0 Å². The number of aliphatic hydroxyl groups excluding tert-OH is 1. The van der Waals surface area contributed by atoms with Crippen molar-refractivity contribution in [2.75, 3.05) is 0 Å². The van der Waals surface area contributed by atoms with Crippen LogP contribution in [0.3, 0.4) is 0 Å². The molecule has 4 rings (SSSR count). The molecule has 4 aliphatic carbocycles. The molecule has 0 saturated heterocycles. The summed E-state index contributed by atoms with van der Waals surface area (Å²) in [6, 6.07) is 0. The van der Waals surface area contributed by atoms with Gasteiger partial charge in [-0.2, -0.15) is 0 Å². The van der Waals surface area contributed by atoms with Crippen LogP contribution in [0, 0.1) is 40.4 Å². The van der Waals surface area contributed by atoms with Gasteiger partial charge < -0.3 is 5.11 Å². The lowest BCUT2D eigenvalue weighted by molar-refractivity contribution is -0.0336. The molecule has 0 heterocycles. The topological polar surface area (TPSA) is 20.2 Å². The molecular formula is C28H46O. The lowest BCUT2D eigenvalue weighted by Gasteiger charge is -2.56. The first-order valence-electron chi connectivity index (χ1n) is 12.7. The van der Waals surface area contributed by atoms with Gasteiger partial charge in [-0.3, -0.25) is 0 Å². The average Bonchev–Trinajstić information content (AvgIpc) is 3.02. The maximum absolute atomic E-state index is 10.5. The summed E-state index contributed by atoms with van der Waals surface area (Å²) in [4.78, 5) is 0. The molecule has 0 spiro atoms. The van der Waals surface area contributed by atoms with E-state index in [1.54, 1.807) is 0 Å². The summed E-state index contributed by atoms with van der Waals surface area (Å²) in [5.41, 5.74) is 6.15. The second-order valence-corrected chi connectivity index (χ2v) is 12.1. The van der Waals surface area contributed by atoms with Crippen molar-refractivity contribution in [3.05, 3.63) is 22.8 Å². The largest absolute Gasteiger partial charge is 0.393 e. The molecule has 29 heavy (non-hydrogen) atoms. The Morgan fingerprint density at radius 1 is 1.10 bits per heavy atom. The van der Waals surface area contributed by atoms with Crippen LogP contribution in [0.15, 0.2) is 22.8 Å². The molecule has 0 aromatic carbocycles. The lowest BCUT2D eigenvalue weighted by atomic mass is 9.49. The first kappa shape index (κ1) is 21.7. The Labute approximate surface area is 180 Å². The van der Waals surface area contributed by atoms with Crippen LogP contribution < -0.4 is 0 Å². The molecule has 8 atom stereocenters. The highest BCUT2D eigenvalue weighted by Crippen LogP contribution is 2.66. The maximum atomic E-state index is 10.5. The predicted octanol–water partition coefficient (Wildman–Crippen LogP) is 7.70. The van der Waals surface area contributed by atoms with Crippen LogP contribution in [0.25, 0.3) is 0 Å². The van der Waals surface area contributed by atoms with Gasteiger partial charge >= 0.3 is 0 Å². The molecule has 0 bridgehead atoms. The minimum Gasteiger partial charge on any atom is -0.393 e. The summed E-state index contributed by atoms with van der Waals surface area (Å²) in [7, 11) is 0. The molecule has 0 amide bonds. The van der Waals surface area contributed by atoms with Crippen LogP contribution in [0.1, 0.15) is 106 Å². The molecule has 0 aliphatic heterocycles. The minimum atomic E-state index is -0.0680. The second kappa shape index (κ2) is 7.85. The highest BCUT2D eigenvalue weighted by atomic mass is 16.3. The molecule has 2 fully saturated rings. The van der Waals surface area contributed by atoms with E-state index < -0.39 is 0 Å². The molecule has 0 aromatic heterocycles. The Morgan fingerprint density at radius 2 is 1.86 bits per heavy atom. The third-order valence-electron chi connectivity index (χ3n) is 10.4. The van der Waals surface area contributed by atoms with Crippen LogP contribution in [0.5, 0.6) is 0 Å². The van der Waals surface area contributed by atoms with Gasteiger partial charge in [0.05, 0.1) is 6.10 Å². The van der Waals surface area contributed by atoms with Crippen molar-refractivity contribution in [3.63, 3.8) is 0 Å². The predicted molar refractivity (Wildman–Crippen MR) is 124 cm³/mol. The number of hydrogen-bond donors (Lipinski definition) is 1. The molecule has 1 heteroatoms. The summed E-state index contributed by atoms with van der Waals surface area (Å²) in [5, 5.41) is 10.5. The Hall–Kier alpha value is -0.560. The average molecular weight is 399 g/mol. The summed E-state index contributed by atoms with van der Waals surface area (Å²) in [6.45, 7) is 14.6. The molecule has 0 aromatic rings. The van der Waals surface area contributed by atoms with Gasteiger partial charge in [-0.15, -0.1) is 0 Å². The van der Waals surface area contributed by atoms with E-state index in [2.05, 4.69) is 47.6 Å². The molecule has 1 nitrogen and oxygen atoms in total. The van der Waals surface area contributed by atoms with Crippen molar-refractivity contribution >= 4 is 0 Å². The van der Waals surface area contributed by atoms with Crippen LogP contribution in [0.4, 0.5) is 0 Å². The summed E-state index contributed by atoms with van der Waals surface area (Å²) < 4.78 is 0. The fraction of sp³-hybridized carbons (Fsp3) is 0.857. The number of rotatable bonds is 4. The van der Waals surface area contributed by atoms with Gasteiger partial charge in [0, 0.05) is 0 Å². The minimum absolute atomic E-state index is 0.0680. The molecular weight excluding hydrogens is 352 g/mol. The SMILES string of the molecule is CC(C)=CCC[C@@H](C)[C@H]1CC[C@H]2C3=C(CC[C@]12C)[C@@]1(C)CC[C@H](O)[C@@H](C)C1CC3. The van der Waals surface area contributed by atoms with Crippen LogP contribution in [-0.4, -0.2) is 11.2 Å². The van der Waals surface area contributed by atoms with Crippen molar-refractivity contribution in [3.8, 4) is 0 Å². The van der Waals surface area contributed by atoms with Gasteiger partial charge in [-0.25, -0.2) is 0 Å². The van der Waals surface area contributed by atoms with E-state index >= 15 is 0 Å². The highest BCUT2D eigenvalue weighted by molar-refractivity contribution is 5.34. The molecule has 2 saturated carbocycles. The molecule has 1 unspecified atom stereocenters. The van der Waals surface area contributed by atoms with E-state index in [9.17, 15) is 5.11 Å². The van der Waals surface area contributed by atoms with Crippen LogP contribution in [0.2, 0.25) is 0 Å². The number of hydrogen-bond acceptors (Lipinski definition) is 1. The van der Waals surface area contributed by atoms with Crippen molar-refractivity contribution in [2.45, 2.75) is 112 Å². The molecule has 4 aliphatic rings. The third kappa shape index (κ3) is 3.48. The maximum Gasteiger partial charge on any atom is 0.0569 e. The standard InChI is InChI=1S/C28H46O/c1-18(2)8-7-9-19(3)22-12-13-24-21-10-11-23-20(4)26(29)15-17-28(23,6)25(21)14-16-27(22,24)5/h8,19-20,22-24,26,29H,7,9-17H2,1-6H3/t19-,20+,22-,23?,24+,26+,27-,28+/m1/s1. The smallest absolute Gasteiger partial charge is 0.0569 e. The quantitative estimate of drug-likeness (QED) is 0.481. The summed E-state index contributed by atoms with van der Waals surface area (Å²) in [5.74, 6) is 3.78. The first-order valence-corrected chi connectivity index (χ1v) is 12.7. The molecule has 164 valence electrons. The van der Waals surface area contributed by atoms with E-state index in [-0.39, 0.29) is 6.10 Å². The normalized spacial score (nSPS) is 45.3. The van der Waals surface area contributed by atoms with Crippen LogP contribution >= 0.6 is 0 Å². The van der Waals surface area contributed by atoms with E-state index in [1.165, 1.54) is 63.4 Å². The highest BCUT2D eigenvalue weighted by Gasteiger charge is 2.56. The van der Waals surface area contributed by atoms with Gasteiger partial charge in [0.15, 0.2) is 0 Å². The Kier molecular flexibility index (Phi) is 5.86.